The molecule has 0 aromatic heterocycles. The number of aryl methyl sites for hydroxylation is 3. The summed E-state index contributed by atoms with van der Waals surface area (Å²) < 4.78 is -0.621. The van der Waals surface area contributed by atoms with E-state index in [1.807, 2.05) is 87.5 Å². The highest BCUT2D eigenvalue weighted by Crippen LogP contribution is 2.39. The molecular weight excluding hydrogens is 438 g/mol. The summed E-state index contributed by atoms with van der Waals surface area (Å²) >= 11 is 2.28. The molecule has 2 amide bonds. The minimum absolute atomic E-state index is 0.251. The molecule has 3 aromatic carbocycles. The molecule has 162 valence electrons. The molecule has 0 spiro atoms. The van der Waals surface area contributed by atoms with Crippen LogP contribution in [0.4, 0.5) is 21.9 Å². The summed E-state index contributed by atoms with van der Waals surface area (Å²) in [5.41, 5.74) is 5.46. The topological polar surface area (TPSA) is 61.8 Å². The highest BCUT2D eigenvalue weighted by Gasteiger charge is 2.42. The van der Waals surface area contributed by atoms with Crippen molar-refractivity contribution in [3.05, 3.63) is 89.5 Å². The molecular formula is C25H23N3O2S2. The number of amides is 2. The maximum atomic E-state index is 13.2. The van der Waals surface area contributed by atoms with Gasteiger partial charge in [-0.3, -0.25) is 9.59 Å². The summed E-state index contributed by atoms with van der Waals surface area (Å²) in [6.45, 7) is 5.96. The van der Waals surface area contributed by atoms with Crippen LogP contribution in [-0.2, 0) is 4.79 Å². The third-order valence-corrected chi connectivity index (χ3v) is 7.00. The summed E-state index contributed by atoms with van der Waals surface area (Å²) in [4.78, 5) is 31.9. The molecule has 4 rings (SSSR count). The number of rotatable bonds is 4. The Balaban J connectivity index is 1.62. The van der Waals surface area contributed by atoms with Crippen molar-refractivity contribution in [2.24, 2.45) is 4.99 Å². The maximum absolute atomic E-state index is 13.2. The van der Waals surface area contributed by atoms with Crippen LogP contribution >= 0.6 is 23.5 Å². The van der Waals surface area contributed by atoms with E-state index in [1.54, 1.807) is 6.07 Å². The number of nitrogens with zero attached hydrogens (tertiary/aromatic N) is 2. The van der Waals surface area contributed by atoms with Gasteiger partial charge in [-0.05, 0) is 85.6 Å². The molecule has 32 heavy (non-hydrogen) atoms. The van der Waals surface area contributed by atoms with E-state index >= 15 is 0 Å². The Hall–Kier alpha value is -3.03. The molecule has 1 fully saturated rings. The Kier molecular flexibility index (Phi) is 6.67. The Bertz CT molecular complexity index is 1210. The molecule has 0 bridgehead atoms. The first-order valence-electron chi connectivity index (χ1n) is 10.2. The van der Waals surface area contributed by atoms with Crippen molar-refractivity contribution < 1.29 is 9.59 Å². The van der Waals surface area contributed by atoms with Crippen molar-refractivity contribution >= 4 is 56.9 Å². The van der Waals surface area contributed by atoms with Crippen LogP contribution in [0.25, 0.3) is 0 Å². The van der Waals surface area contributed by atoms with Crippen LogP contribution in [0.5, 0.6) is 0 Å². The fourth-order valence-electron chi connectivity index (χ4n) is 3.31. The second kappa shape index (κ2) is 9.63. The smallest absolute Gasteiger partial charge is 0.294 e. The number of imide groups is 1. The second-order valence-corrected chi connectivity index (χ2v) is 10.0. The third kappa shape index (κ3) is 5.23. The van der Waals surface area contributed by atoms with Crippen molar-refractivity contribution in [3.8, 4) is 0 Å². The highest BCUT2D eigenvalue weighted by molar-refractivity contribution is 8.31. The summed E-state index contributed by atoms with van der Waals surface area (Å²) in [7, 11) is 0. The molecule has 7 heteroatoms. The quantitative estimate of drug-likeness (QED) is 0.347. The molecule has 1 heterocycles. The lowest BCUT2D eigenvalue weighted by molar-refractivity contribution is -0.115. The summed E-state index contributed by atoms with van der Waals surface area (Å²) in [5.74, 6) is -0.251. The number of aliphatic imine (C=N–C) groups is 1. The first-order chi connectivity index (χ1) is 15.4. The lowest BCUT2D eigenvalue weighted by atomic mass is 10.2. The maximum Gasteiger partial charge on any atom is 0.294 e. The van der Waals surface area contributed by atoms with Crippen molar-refractivity contribution in [1.29, 1.82) is 0 Å². The predicted molar refractivity (Wildman–Crippen MR) is 136 cm³/mol. The number of carbonyl (C=O) groups is 2. The van der Waals surface area contributed by atoms with Gasteiger partial charge in [0, 0.05) is 5.69 Å². The number of thioether (sulfide) groups is 2. The van der Waals surface area contributed by atoms with Gasteiger partial charge in [0.05, 0.1) is 11.4 Å². The largest absolute Gasteiger partial charge is 0.335 e. The number of anilines is 2. The van der Waals surface area contributed by atoms with E-state index in [1.165, 1.54) is 16.7 Å². The van der Waals surface area contributed by atoms with E-state index in [4.69, 9.17) is 4.99 Å². The minimum Gasteiger partial charge on any atom is -0.335 e. The summed E-state index contributed by atoms with van der Waals surface area (Å²) in [6, 6.07) is 23.2. The molecule has 1 aliphatic heterocycles. The van der Waals surface area contributed by atoms with E-state index in [-0.39, 0.29) is 11.1 Å². The number of benzene rings is 3. The minimum atomic E-state index is -0.621. The Morgan fingerprint density at radius 3 is 2.25 bits per heavy atom. The number of hydrogen-bond acceptors (Lipinski definition) is 5. The molecule has 1 aliphatic rings. The Morgan fingerprint density at radius 2 is 1.56 bits per heavy atom. The monoisotopic (exact) mass is 461 g/mol. The van der Waals surface area contributed by atoms with Gasteiger partial charge in [0.2, 0.25) is 0 Å². The lowest BCUT2D eigenvalue weighted by Gasteiger charge is -2.15. The van der Waals surface area contributed by atoms with Crippen LogP contribution in [0.2, 0.25) is 0 Å². The fourth-order valence-corrected chi connectivity index (χ4v) is 5.46. The number of hydrogen-bond donors (Lipinski definition) is 1. The van der Waals surface area contributed by atoms with E-state index in [2.05, 4.69) is 5.32 Å². The molecule has 1 N–H and O–H groups in total. The van der Waals surface area contributed by atoms with Crippen LogP contribution in [0.1, 0.15) is 16.7 Å². The van der Waals surface area contributed by atoms with Gasteiger partial charge in [0.25, 0.3) is 11.1 Å². The average Bonchev–Trinajstić information content (AvgIpc) is 3.01. The standard InChI is InChI=1S/C25H23N3O2S2/c1-16-7-4-10-19(13-16)26-24(27-20-11-5-8-17(2)14-20)31-23-22(29)28(25(30)32-23)21-12-6-9-18(3)15-21/h4-15,23H,1-3H3,(H,26,27)/t23-/m0/s1. The molecule has 1 saturated heterocycles. The molecule has 0 aliphatic carbocycles. The molecule has 1 atom stereocenters. The molecule has 0 radical (unpaired) electrons. The zero-order chi connectivity index (χ0) is 22.7. The van der Waals surface area contributed by atoms with Crippen LogP contribution in [0.3, 0.4) is 0 Å². The zero-order valence-electron chi connectivity index (χ0n) is 18.0. The molecule has 0 unspecified atom stereocenters. The van der Waals surface area contributed by atoms with Crippen molar-refractivity contribution in [1.82, 2.24) is 0 Å². The zero-order valence-corrected chi connectivity index (χ0v) is 19.7. The van der Waals surface area contributed by atoms with Crippen LogP contribution in [0.15, 0.2) is 77.8 Å². The van der Waals surface area contributed by atoms with Crippen molar-refractivity contribution in [3.63, 3.8) is 0 Å². The Labute approximate surface area is 196 Å². The number of amidine groups is 1. The first kappa shape index (κ1) is 22.2. The average molecular weight is 462 g/mol. The van der Waals surface area contributed by atoms with Crippen LogP contribution in [0, 0.1) is 20.8 Å². The van der Waals surface area contributed by atoms with Gasteiger partial charge in [-0.1, -0.05) is 48.2 Å². The van der Waals surface area contributed by atoms with Gasteiger partial charge in [0.15, 0.2) is 5.17 Å². The normalized spacial score (nSPS) is 16.5. The van der Waals surface area contributed by atoms with Gasteiger partial charge in [-0.2, -0.15) is 0 Å². The summed E-state index contributed by atoms with van der Waals surface area (Å²) in [6.07, 6.45) is 0. The van der Waals surface area contributed by atoms with E-state index in [0.717, 1.165) is 39.8 Å². The number of nitrogens with one attached hydrogen (secondary N) is 1. The molecule has 0 saturated carbocycles. The lowest BCUT2D eigenvalue weighted by Crippen LogP contribution is -2.31. The predicted octanol–water partition coefficient (Wildman–Crippen LogP) is 6.67. The van der Waals surface area contributed by atoms with Crippen LogP contribution in [-0.4, -0.2) is 20.9 Å². The fraction of sp³-hybridized carbons (Fsp3) is 0.160. The SMILES string of the molecule is Cc1cccc(N=C(Nc2cccc(C)c2)S[C@H]2SC(=O)N(c3cccc(C)c3)C2=O)c1. The molecule has 3 aromatic rings. The third-order valence-electron chi connectivity index (χ3n) is 4.79. The van der Waals surface area contributed by atoms with Gasteiger partial charge >= 0.3 is 0 Å². The molecule has 5 nitrogen and oxygen atoms in total. The van der Waals surface area contributed by atoms with Gasteiger partial charge in [-0.25, -0.2) is 9.89 Å². The summed E-state index contributed by atoms with van der Waals surface area (Å²) in [5, 5.41) is 3.62. The van der Waals surface area contributed by atoms with E-state index in [9.17, 15) is 9.59 Å². The van der Waals surface area contributed by atoms with Crippen molar-refractivity contribution in [2.45, 2.75) is 25.4 Å². The Morgan fingerprint density at radius 1 is 0.906 bits per heavy atom. The first-order valence-corrected chi connectivity index (χ1v) is 11.9. The van der Waals surface area contributed by atoms with E-state index < -0.39 is 4.58 Å². The number of carbonyl (C=O) groups excluding carboxylic acids is 2. The van der Waals surface area contributed by atoms with Gasteiger partial charge in [-0.15, -0.1) is 0 Å². The van der Waals surface area contributed by atoms with Crippen LogP contribution < -0.4 is 10.2 Å². The highest BCUT2D eigenvalue weighted by atomic mass is 32.2. The second-order valence-electron chi connectivity index (χ2n) is 7.60. The van der Waals surface area contributed by atoms with Gasteiger partial charge < -0.3 is 5.32 Å². The van der Waals surface area contributed by atoms with Crippen molar-refractivity contribution in [2.75, 3.05) is 10.2 Å². The van der Waals surface area contributed by atoms with Gasteiger partial charge in [0.1, 0.15) is 4.58 Å². The van der Waals surface area contributed by atoms with E-state index in [0.29, 0.717) is 10.9 Å².